The lowest BCUT2D eigenvalue weighted by Crippen LogP contribution is -2.13. The summed E-state index contributed by atoms with van der Waals surface area (Å²) >= 11 is 0. The van der Waals surface area contributed by atoms with E-state index in [0.29, 0.717) is 5.82 Å². The number of allylic oxidation sites excluding steroid dienone is 3. The summed E-state index contributed by atoms with van der Waals surface area (Å²) < 4.78 is 18.5. The number of aromatic amines is 1. The van der Waals surface area contributed by atoms with Gasteiger partial charge >= 0.3 is 0 Å². The van der Waals surface area contributed by atoms with E-state index in [2.05, 4.69) is 39.0 Å². The molecule has 0 spiro atoms. The predicted molar refractivity (Wildman–Crippen MR) is 124 cm³/mol. The summed E-state index contributed by atoms with van der Waals surface area (Å²) in [6.07, 6.45) is 4.10. The Bertz CT molecular complexity index is 1080. The molecule has 2 heterocycles. The average Bonchev–Trinajstić information content (AvgIpc) is 3.32. The number of amides is 1. The van der Waals surface area contributed by atoms with E-state index in [0.717, 1.165) is 41.3 Å². The van der Waals surface area contributed by atoms with Gasteiger partial charge in [-0.25, -0.2) is 14.4 Å². The number of anilines is 1. The summed E-state index contributed by atoms with van der Waals surface area (Å²) in [5, 5.41) is 9.20. The monoisotopic (exact) mass is 437 g/mol. The molecule has 0 aliphatic heterocycles. The summed E-state index contributed by atoms with van der Waals surface area (Å²) in [4.78, 5) is 20.0. The van der Waals surface area contributed by atoms with E-state index in [-0.39, 0.29) is 5.56 Å². The second kappa shape index (κ2) is 12.1. The van der Waals surface area contributed by atoms with Crippen LogP contribution in [0.25, 0.3) is 11.1 Å². The Kier molecular flexibility index (Phi) is 9.28. The maximum absolute atomic E-state index is 13.0. The quantitative estimate of drug-likeness (QED) is 0.477. The van der Waals surface area contributed by atoms with Gasteiger partial charge in [0.25, 0.3) is 5.91 Å². The lowest BCUT2D eigenvalue weighted by atomic mass is 10.1. The predicted octanol–water partition coefficient (Wildman–Crippen LogP) is 5.49. The first kappa shape index (κ1) is 24.5. The van der Waals surface area contributed by atoms with Crippen LogP contribution in [-0.4, -0.2) is 32.7 Å². The molecule has 0 atom stereocenters. The molecule has 2 N–H and O–H groups in total. The van der Waals surface area contributed by atoms with Crippen LogP contribution in [0.15, 0.2) is 61.3 Å². The molecule has 168 valence electrons. The molecule has 32 heavy (non-hydrogen) atoms. The first-order valence-electron chi connectivity index (χ1n) is 10.2. The van der Waals surface area contributed by atoms with E-state index in [1.54, 1.807) is 24.4 Å². The number of aromatic nitrogens is 4. The van der Waals surface area contributed by atoms with Crippen LogP contribution in [0.5, 0.6) is 0 Å². The van der Waals surface area contributed by atoms with Crippen LogP contribution in [0.1, 0.15) is 55.9 Å². The Labute approximate surface area is 187 Å². The number of hydrogen-bond acceptors (Lipinski definition) is 5. The number of H-pyrrole nitrogens is 1. The number of ether oxygens (including phenoxy) is 1. The van der Waals surface area contributed by atoms with E-state index in [9.17, 15) is 9.18 Å². The minimum atomic E-state index is -0.448. The highest BCUT2D eigenvalue weighted by molar-refractivity contribution is 6.03. The molecule has 0 saturated carbocycles. The largest absolute Gasteiger partial charge is 0.498 e. The van der Waals surface area contributed by atoms with Crippen molar-refractivity contribution in [1.82, 2.24) is 20.2 Å². The Balaban J connectivity index is 0.000000244. The van der Waals surface area contributed by atoms with Gasteiger partial charge in [-0.1, -0.05) is 25.1 Å². The van der Waals surface area contributed by atoms with Gasteiger partial charge in [-0.3, -0.25) is 9.89 Å². The van der Waals surface area contributed by atoms with Crippen LogP contribution in [0.2, 0.25) is 0 Å². The fourth-order valence-electron chi connectivity index (χ4n) is 2.50. The smallest absolute Gasteiger partial charge is 0.256 e. The van der Waals surface area contributed by atoms with Gasteiger partial charge in [0.05, 0.1) is 12.4 Å². The van der Waals surface area contributed by atoms with E-state index in [1.165, 1.54) is 24.5 Å². The van der Waals surface area contributed by atoms with Gasteiger partial charge < -0.3 is 10.1 Å². The number of carbonyl (C=O) groups excluding carboxylic acids is 1. The number of pyridine rings is 1. The van der Waals surface area contributed by atoms with Crippen LogP contribution in [0.4, 0.5) is 10.2 Å². The third-order valence-electron chi connectivity index (χ3n) is 4.40. The molecule has 3 aromatic rings. The van der Waals surface area contributed by atoms with Crippen molar-refractivity contribution in [2.24, 2.45) is 0 Å². The van der Waals surface area contributed by atoms with Crippen LogP contribution in [-0.2, 0) is 4.74 Å². The van der Waals surface area contributed by atoms with Crippen molar-refractivity contribution in [1.29, 1.82) is 0 Å². The Morgan fingerprint density at radius 3 is 2.56 bits per heavy atom. The Hall–Kier alpha value is -3.81. The van der Waals surface area contributed by atoms with E-state index >= 15 is 0 Å². The zero-order chi connectivity index (χ0) is 23.5. The summed E-state index contributed by atoms with van der Waals surface area (Å²) in [6, 6.07) is 9.03. The molecule has 2 aromatic heterocycles. The molecule has 7 nitrogen and oxygen atoms in total. The van der Waals surface area contributed by atoms with Crippen molar-refractivity contribution < 1.29 is 13.9 Å². The molecule has 8 heteroatoms. The fraction of sp³-hybridized carbons (Fsp3) is 0.250. The maximum Gasteiger partial charge on any atom is 0.256 e. The molecule has 0 saturated heterocycles. The molecule has 0 unspecified atom stereocenters. The number of nitrogens with one attached hydrogen (secondary N) is 2. The van der Waals surface area contributed by atoms with E-state index in [1.807, 2.05) is 20.8 Å². The summed E-state index contributed by atoms with van der Waals surface area (Å²) in [5.74, 6) is 1.24. The highest BCUT2D eigenvalue weighted by Crippen LogP contribution is 2.15. The van der Waals surface area contributed by atoms with Crippen molar-refractivity contribution in [2.75, 3.05) is 11.9 Å². The lowest BCUT2D eigenvalue weighted by Gasteiger charge is -2.06. The molecule has 0 radical (unpaired) electrons. The number of halogens is 1. The Morgan fingerprint density at radius 1 is 1.16 bits per heavy atom. The molecule has 0 fully saturated rings. The SMILES string of the molecule is C=C(C)c1ccnc(NC(=O)c2cccc(F)c2)c1.CCCO/C(C)=C(/C)c1ncn[nH]1. The van der Waals surface area contributed by atoms with Gasteiger partial charge in [0, 0.05) is 17.3 Å². The van der Waals surface area contributed by atoms with Crippen molar-refractivity contribution in [3.63, 3.8) is 0 Å². The minimum absolute atomic E-state index is 0.252. The van der Waals surface area contributed by atoms with Crippen molar-refractivity contribution in [3.8, 4) is 0 Å². The normalized spacial score (nSPS) is 11.0. The minimum Gasteiger partial charge on any atom is -0.498 e. The van der Waals surface area contributed by atoms with Gasteiger partial charge in [-0.2, -0.15) is 5.10 Å². The summed E-state index contributed by atoms with van der Waals surface area (Å²) in [7, 11) is 0. The van der Waals surface area contributed by atoms with Crippen LogP contribution >= 0.6 is 0 Å². The molecule has 1 aromatic carbocycles. The number of hydrogen-bond donors (Lipinski definition) is 2. The molecule has 0 aliphatic carbocycles. The van der Waals surface area contributed by atoms with Crippen LogP contribution in [0, 0.1) is 5.82 Å². The second-order valence-electron chi connectivity index (χ2n) is 7.04. The number of rotatable bonds is 7. The number of benzene rings is 1. The first-order valence-corrected chi connectivity index (χ1v) is 10.2. The maximum atomic E-state index is 13.0. The number of nitrogens with zero attached hydrogens (tertiary/aromatic N) is 3. The van der Waals surface area contributed by atoms with Crippen molar-refractivity contribution in [3.05, 3.63) is 84.0 Å². The fourth-order valence-corrected chi connectivity index (χ4v) is 2.50. The molecule has 0 aliphatic rings. The molecule has 1 amide bonds. The van der Waals surface area contributed by atoms with Crippen LogP contribution in [0.3, 0.4) is 0 Å². The Morgan fingerprint density at radius 2 is 1.94 bits per heavy atom. The van der Waals surface area contributed by atoms with Gasteiger partial charge in [-0.15, -0.1) is 0 Å². The van der Waals surface area contributed by atoms with Gasteiger partial charge in [0.15, 0.2) is 5.82 Å². The third-order valence-corrected chi connectivity index (χ3v) is 4.40. The van der Waals surface area contributed by atoms with Crippen molar-refractivity contribution >= 4 is 22.9 Å². The molecular weight excluding hydrogens is 409 g/mol. The summed E-state index contributed by atoms with van der Waals surface area (Å²) in [6.45, 7) is 12.4. The van der Waals surface area contributed by atoms with Gasteiger partial charge in [-0.05, 0) is 63.1 Å². The molecular formula is C24H28FN5O2. The standard InChI is InChI=1S/C15H13FN2O.C9H15N3O/c1-10(2)11-6-7-17-14(9-11)18-15(19)12-4-3-5-13(16)8-12;1-4-5-13-8(3)7(2)9-10-6-11-12-9/h3-9H,1H2,2H3,(H,17,18,19);6H,4-5H2,1-3H3,(H,10,11,12)/b;8-7-. The molecule has 3 rings (SSSR count). The van der Waals surface area contributed by atoms with Crippen LogP contribution < -0.4 is 5.32 Å². The van der Waals surface area contributed by atoms with Gasteiger partial charge in [0.2, 0.25) is 0 Å². The highest BCUT2D eigenvalue weighted by Gasteiger charge is 2.08. The zero-order valence-electron chi connectivity index (χ0n) is 18.8. The average molecular weight is 438 g/mol. The zero-order valence-corrected chi connectivity index (χ0v) is 18.8. The second-order valence-corrected chi connectivity index (χ2v) is 7.04. The third kappa shape index (κ3) is 7.46. The number of carbonyl (C=O) groups is 1. The van der Waals surface area contributed by atoms with Gasteiger partial charge in [0.1, 0.15) is 18.0 Å². The van der Waals surface area contributed by atoms with Crippen molar-refractivity contribution in [2.45, 2.75) is 34.1 Å². The first-order chi connectivity index (χ1) is 15.3. The molecule has 0 bridgehead atoms. The topological polar surface area (TPSA) is 92.8 Å². The summed E-state index contributed by atoms with van der Waals surface area (Å²) in [5.41, 5.74) is 3.03. The highest BCUT2D eigenvalue weighted by atomic mass is 19.1. The van der Waals surface area contributed by atoms with E-state index < -0.39 is 11.7 Å². The lowest BCUT2D eigenvalue weighted by molar-refractivity contribution is 0.102. The van der Waals surface area contributed by atoms with E-state index in [4.69, 9.17) is 4.74 Å².